The van der Waals surface area contributed by atoms with Gasteiger partial charge in [0.1, 0.15) is 5.82 Å². The van der Waals surface area contributed by atoms with Gasteiger partial charge >= 0.3 is 6.09 Å². The molecule has 2 rings (SSSR count). The van der Waals surface area contributed by atoms with Crippen molar-refractivity contribution in [2.75, 3.05) is 19.6 Å². The number of alkyl carbamates (subject to hydrolysis) is 1. The van der Waals surface area contributed by atoms with Crippen LogP contribution in [0, 0.1) is 5.82 Å². The lowest BCUT2D eigenvalue weighted by Gasteiger charge is -2.22. The minimum Gasteiger partial charge on any atom is -0.407 e. The lowest BCUT2D eigenvalue weighted by molar-refractivity contribution is -0.182. The summed E-state index contributed by atoms with van der Waals surface area (Å²) in [6, 6.07) is 3.81. The number of rotatable bonds is 5. The van der Waals surface area contributed by atoms with E-state index in [9.17, 15) is 19.1 Å². The highest BCUT2D eigenvalue weighted by atomic mass is 35.5. The number of amides is 2. The molecule has 1 saturated heterocycles. The molecule has 0 saturated carbocycles. The molecule has 1 fully saturated rings. The smallest absolute Gasteiger partial charge is 0.407 e. The highest BCUT2D eigenvalue weighted by molar-refractivity contribution is 6.30. The van der Waals surface area contributed by atoms with Crippen LogP contribution in [0.4, 0.5) is 9.18 Å². The molecule has 1 aliphatic heterocycles. The van der Waals surface area contributed by atoms with Crippen LogP contribution in [0.5, 0.6) is 0 Å². The van der Waals surface area contributed by atoms with Crippen molar-refractivity contribution in [1.29, 1.82) is 0 Å². The van der Waals surface area contributed by atoms with Crippen LogP contribution in [0.15, 0.2) is 18.2 Å². The number of hydrogen-bond acceptors (Lipinski definition) is 5. The molecule has 2 amide bonds. The standard InChI is InChI=1S/C14H17ClFN3O4/c15-10-5-9(6-11(16)7-10)8-18-13(21)23-14(22)1-3-19(4-2-17)12(14)20/h5-7,22H,1-4,8,17H2,(H,18,21)/t14-/m0/s1. The number of ether oxygens (including phenoxy) is 1. The number of halogens is 2. The van der Waals surface area contributed by atoms with E-state index >= 15 is 0 Å². The Bertz CT molecular complexity index is 595. The summed E-state index contributed by atoms with van der Waals surface area (Å²) in [5, 5.41) is 12.6. The zero-order chi connectivity index (χ0) is 17.0. The van der Waals surface area contributed by atoms with Gasteiger partial charge in [0.05, 0.1) is 0 Å². The normalized spacial score (nSPS) is 20.7. The Morgan fingerprint density at radius 1 is 1.52 bits per heavy atom. The topological polar surface area (TPSA) is 105 Å². The van der Waals surface area contributed by atoms with Crippen molar-refractivity contribution in [1.82, 2.24) is 10.2 Å². The highest BCUT2D eigenvalue weighted by Crippen LogP contribution is 2.24. The molecule has 1 aliphatic rings. The van der Waals surface area contributed by atoms with E-state index in [-0.39, 0.29) is 37.6 Å². The molecule has 0 spiro atoms. The summed E-state index contributed by atoms with van der Waals surface area (Å²) in [4.78, 5) is 25.0. The SMILES string of the molecule is NCCN1CC[C@](O)(OC(=O)NCc2cc(F)cc(Cl)c2)C1=O. The molecule has 9 heteroatoms. The number of carbonyl (C=O) groups excluding carboxylic acids is 2. The molecule has 0 aliphatic carbocycles. The molecule has 0 radical (unpaired) electrons. The van der Waals surface area contributed by atoms with Crippen LogP contribution in [0.2, 0.25) is 5.02 Å². The number of hydrogen-bond donors (Lipinski definition) is 3. The zero-order valence-corrected chi connectivity index (χ0v) is 13.0. The van der Waals surface area contributed by atoms with E-state index in [1.165, 1.54) is 17.0 Å². The second kappa shape index (κ2) is 7.12. The lowest BCUT2D eigenvalue weighted by atomic mass is 10.2. The van der Waals surface area contributed by atoms with Crippen LogP contribution in [0.3, 0.4) is 0 Å². The van der Waals surface area contributed by atoms with E-state index in [4.69, 9.17) is 22.1 Å². The van der Waals surface area contributed by atoms with Crippen molar-refractivity contribution in [3.05, 3.63) is 34.6 Å². The average Bonchev–Trinajstić information content (AvgIpc) is 2.73. The number of likely N-dealkylation sites (tertiary alicyclic amines) is 1. The van der Waals surface area contributed by atoms with Gasteiger partial charge in [0.25, 0.3) is 11.7 Å². The molecule has 7 nitrogen and oxygen atoms in total. The summed E-state index contributed by atoms with van der Waals surface area (Å²) in [5.74, 6) is -3.43. The quantitative estimate of drug-likeness (QED) is 0.677. The van der Waals surface area contributed by atoms with Crippen molar-refractivity contribution in [2.24, 2.45) is 5.73 Å². The third-order valence-electron chi connectivity index (χ3n) is 3.36. The van der Waals surface area contributed by atoms with Crippen LogP contribution < -0.4 is 11.1 Å². The van der Waals surface area contributed by atoms with Gasteiger partial charge in [0, 0.05) is 37.6 Å². The number of benzene rings is 1. The average molecular weight is 346 g/mol. The van der Waals surface area contributed by atoms with Gasteiger partial charge in [0.2, 0.25) is 0 Å². The zero-order valence-electron chi connectivity index (χ0n) is 12.2. The predicted octanol–water partition coefficient (Wildman–Crippen LogP) is 0.585. The Morgan fingerprint density at radius 3 is 2.91 bits per heavy atom. The predicted molar refractivity (Wildman–Crippen MR) is 79.9 cm³/mol. The van der Waals surface area contributed by atoms with Crippen LogP contribution in [0.25, 0.3) is 0 Å². The molecule has 4 N–H and O–H groups in total. The molecular weight excluding hydrogens is 329 g/mol. The molecule has 0 bridgehead atoms. The van der Waals surface area contributed by atoms with E-state index in [1.54, 1.807) is 0 Å². The molecule has 1 heterocycles. The summed E-state index contributed by atoms with van der Waals surface area (Å²) in [6.07, 6.45) is -1.03. The van der Waals surface area contributed by atoms with Crippen LogP contribution in [-0.4, -0.2) is 47.4 Å². The van der Waals surface area contributed by atoms with Gasteiger partial charge in [-0.25, -0.2) is 9.18 Å². The molecule has 0 aromatic heterocycles. The molecule has 0 unspecified atom stereocenters. The number of nitrogens with zero attached hydrogens (tertiary/aromatic N) is 1. The van der Waals surface area contributed by atoms with Gasteiger partial charge in [-0.2, -0.15) is 0 Å². The first-order valence-electron chi connectivity index (χ1n) is 6.98. The molecular formula is C14H17ClFN3O4. The van der Waals surface area contributed by atoms with Crippen molar-refractivity contribution >= 4 is 23.6 Å². The van der Waals surface area contributed by atoms with Gasteiger partial charge in [-0.05, 0) is 23.8 Å². The summed E-state index contributed by atoms with van der Waals surface area (Å²) in [7, 11) is 0. The maximum absolute atomic E-state index is 13.2. The second-order valence-electron chi connectivity index (χ2n) is 5.14. The Kier molecular flexibility index (Phi) is 5.40. The molecule has 1 atom stereocenters. The van der Waals surface area contributed by atoms with Crippen molar-refractivity contribution in [3.8, 4) is 0 Å². The van der Waals surface area contributed by atoms with Crippen LogP contribution in [0.1, 0.15) is 12.0 Å². The number of nitrogens with two attached hydrogens (primary N) is 1. The van der Waals surface area contributed by atoms with E-state index in [1.807, 2.05) is 0 Å². The fraction of sp³-hybridized carbons (Fsp3) is 0.429. The van der Waals surface area contributed by atoms with E-state index in [0.717, 1.165) is 6.07 Å². The first-order valence-corrected chi connectivity index (χ1v) is 7.35. The summed E-state index contributed by atoms with van der Waals surface area (Å²) < 4.78 is 18.0. The Balaban J connectivity index is 1.90. The maximum atomic E-state index is 13.2. The van der Waals surface area contributed by atoms with Crippen molar-refractivity contribution in [2.45, 2.75) is 18.8 Å². The molecule has 23 heavy (non-hydrogen) atoms. The van der Waals surface area contributed by atoms with E-state index in [2.05, 4.69) is 5.32 Å². The summed E-state index contributed by atoms with van der Waals surface area (Å²) in [6.45, 7) is 0.703. The van der Waals surface area contributed by atoms with E-state index in [0.29, 0.717) is 5.56 Å². The second-order valence-corrected chi connectivity index (χ2v) is 5.57. The number of aliphatic hydroxyl groups is 1. The monoisotopic (exact) mass is 345 g/mol. The van der Waals surface area contributed by atoms with E-state index < -0.39 is 23.6 Å². The maximum Gasteiger partial charge on any atom is 0.410 e. The lowest BCUT2D eigenvalue weighted by Crippen LogP contribution is -2.46. The Labute approximate surface area is 137 Å². The first-order chi connectivity index (χ1) is 10.8. The fourth-order valence-corrected chi connectivity index (χ4v) is 2.53. The third kappa shape index (κ3) is 4.31. The van der Waals surface area contributed by atoms with Crippen molar-refractivity contribution < 1.29 is 23.8 Å². The number of carbonyl (C=O) groups is 2. The minimum absolute atomic E-state index is 0.0367. The molecule has 1 aromatic rings. The Hall–Kier alpha value is -1.90. The Morgan fingerprint density at radius 2 is 2.26 bits per heavy atom. The first kappa shape index (κ1) is 17.5. The third-order valence-corrected chi connectivity index (χ3v) is 3.58. The molecule has 126 valence electrons. The number of nitrogens with one attached hydrogen (secondary N) is 1. The van der Waals surface area contributed by atoms with Crippen LogP contribution in [-0.2, 0) is 16.1 Å². The van der Waals surface area contributed by atoms with Gasteiger partial charge in [-0.1, -0.05) is 11.6 Å². The largest absolute Gasteiger partial charge is 0.410 e. The fourth-order valence-electron chi connectivity index (χ4n) is 2.28. The van der Waals surface area contributed by atoms with Gasteiger partial charge < -0.3 is 25.8 Å². The van der Waals surface area contributed by atoms with Crippen molar-refractivity contribution in [3.63, 3.8) is 0 Å². The molecule has 1 aromatic carbocycles. The van der Waals surface area contributed by atoms with Crippen LogP contribution >= 0.6 is 11.6 Å². The van der Waals surface area contributed by atoms with Gasteiger partial charge in [-0.3, -0.25) is 4.79 Å². The highest BCUT2D eigenvalue weighted by Gasteiger charge is 2.48. The summed E-state index contributed by atoms with van der Waals surface area (Å²) >= 11 is 5.71. The summed E-state index contributed by atoms with van der Waals surface area (Å²) in [5.41, 5.74) is 5.78. The van der Waals surface area contributed by atoms with Gasteiger partial charge in [0.15, 0.2) is 0 Å². The van der Waals surface area contributed by atoms with Gasteiger partial charge in [-0.15, -0.1) is 0 Å². The minimum atomic E-state index is -2.20.